The SMILES string of the molecule is CNc1ncc(Br)cc1S(=O)(=O)NCc1cnn(C)c1. The highest BCUT2D eigenvalue weighted by Gasteiger charge is 2.19. The molecule has 0 spiro atoms. The summed E-state index contributed by atoms with van der Waals surface area (Å²) in [4.78, 5) is 4.12. The zero-order valence-electron chi connectivity index (χ0n) is 11.0. The Bertz CT molecular complexity index is 713. The maximum absolute atomic E-state index is 12.3. The Morgan fingerprint density at radius 3 is 2.75 bits per heavy atom. The Balaban J connectivity index is 2.24. The van der Waals surface area contributed by atoms with Crippen molar-refractivity contribution in [3.8, 4) is 0 Å². The Labute approximate surface area is 125 Å². The predicted octanol–water partition coefficient (Wildman–Crippen LogP) is 1.10. The summed E-state index contributed by atoms with van der Waals surface area (Å²) in [6, 6.07) is 1.50. The van der Waals surface area contributed by atoms with Gasteiger partial charge < -0.3 is 5.32 Å². The van der Waals surface area contributed by atoms with Gasteiger partial charge in [0.2, 0.25) is 10.0 Å². The standard InChI is InChI=1S/C11H14BrN5O2S/c1-13-11-10(3-9(12)6-14-11)20(18,19)16-5-8-4-15-17(2)7-8/h3-4,6-7,16H,5H2,1-2H3,(H,13,14). The van der Waals surface area contributed by atoms with Crippen LogP contribution in [0.3, 0.4) is 0 Å². The maximum atomic E-state index is 12.3. The minimum absolute atomic E-state index is 0.0956. The van der Waals surface area contributed by atoms with E-state index in [0.29, 0.717) is 10.3 Å². The van der Waals surface area contributed by atoms with Gasteiger partial charge in [0.05, 0.1) is 6.20 Å². The van der Waals surface area contributed by atoms with E-state index in [2.05, 4.69) is 36.1 Å². The van der Waals surface area contributed by atoms with Crippen molar-refractivity contribution < 1.29 is 8.42 Å². The van der Waals surface area contributed by atoms with Gasteiger partial charge in [0.1, 0.15) is 10.7 Å². The molecule has 20 heavy (non-hydrogen) atoms. The number of halogens is 1. The molecule has 0 unspecified atom stereocenters. The molecule has 2 aromatic heterocycles. The highest BCUT2D eigenvalue weighted by molar-refractivity contribution is 9.10. The number of anilines is 1. The highest BCUT2D eigenvalue weighted by Crippen LogP contribution is 2.22. The van der Waals surface area contributed by atoms with Crippen LogP contribution in [-0.4, -0.2) is 30.2 Å². The Morgan fingerprint density at radius 2 is 2.15 bits per heavy atom. The number of aromatic nitrogens is 3. The zero-order valence-corrected chi connectivity index (χ0v) is 13.4. The molecule has 108 valence electrons. The van der Waals surface area contributed by atoms with Crippen LogP contribution < -0.4 is 10.0 Å². The lowest BCUT2D eigenvalue weighted by Gasteiger charge is -2.10. The molecule has 7 nitrogen and oxygen atoms in total. The number of sulfonamides is 1. The van der Waals surface area contributed by atoms with Gasteiger partial charge in [0, 0.05) is 43.1 Å². The van der Waals surface area contributed by atoms with E-state index < -0.39 is 10.0 Å². The molecule has 0 radical (unpaired) electrons. The third-order valence-electron chi connectivity index (χ3n) is 2.57. The number of hydrogen-bond acceptors (Lipinski definition) is 5. The first-order valence-electron chi connectivity index (χ1n) is 5.73. The smallest absolute Gasteiger partial charge is 0.244 e. The van der Waals surface area contributed by atoms with E-state index in [1.807, 2.05) is 0 Å². The van der Waals surface area contributed by atoms with Gasteiger partial charge in [0.25, 0.3) is 0 Å². The van der Waals surface area contributed by atoms with Gasteiger partial charge >= 0.3 is 0 Å². The first kappa shape index (κ1) is 14.9. The van der Waals surface area contributed by atoms with Gasteiger partial charge in [-0.05, 0) is 22.0 Å². The van der Waals surface area contributed by atoms with Crippen LogP contribution in [0.5, 0.6) is 0 Å². The molecule has 0 amide bonds. The molecule has 0 saturated heterocycles. The quantitative estimate of drug-likeness (QED) is 0.834. The fourth-order valence-electron chi connectivity index (χ4n) is 1.63. The number of aryl methyl sites for hydroxylation is 1. The summed E-state index contributed by atoms with van der Waals surface area (Å²) < 4.78 is 29.3. The molecule has 9 heteroatoms. The maximum Gasteiger partial charge on any atom is 0.244 e. The minimum atomic E-state index is -3.66. The average Bonchev–Trinajstić information content (AvgIpc) is 2.82. The Kier molecular flexibility index (Phi) is 4.41. The molecule has 0 aliphatic heterocycles. The first-order chi connectivity index (χ1) is 9.42. The van der Waals surface area contributed by atoms with Gasteiger partial charge in [-0.15, -0.1) is 0 Å². The molecule has 0 atom stereocenters. The molecular formula is C11H14BrN5O2S. The van der Waals surface area contributed by atoms with Crippen LogP contribution >= 0.6 is 15.9 Å². The second-order valence-corrected chi connectivity index (χ2v) is 6.75. The number of nitrogens with one attached hydrogen (secondary N) is 2. The number of nitrogens with zero attached hydrogens (tertiary/aromatic N) is 3. The Morgan fingerprint density at radius 1 is 1.40 bits per heavy atom. The van der Waals surface area contributed by atoms with Gasteiger partial charge in [-0.3, -0.25) is 4.68 Å². The molecule has 0 aliphatic carbocycles. The molecule has 0 aliphatic rings. The summed E-state index contributed by atoms with van der Waals surface area (Å²) in [7, 11) is -0.262. The first-order valence-corrected chi connectivity index (χ1v) is 8.00. The van der Waals surface area contributed by atoms with Crippen LogP contribution in [0.25, 0.3) is 0 Å². The van der Waals surface area contributed by atoms with Crippen LogP contribution in [0.15, 0.2) is 34.0 Å². The predicted molar refractivity (Wildman–Crippen MR) is 78.7 cm³/mol. The van der Waals surface area contributed by atoms with Gasteiger partial charge in [0.15, 0.2) is 0 Å². The van der Waals surface area contributed by atoms with Crippen molar-refractivity contribution in [1.29, 1.82) is 0 Å². The topological polar surface area (TPSA) is 88.9 Å². The molecule has 0 aromatic carbocycles. The second-order valence-electron chi connectivity index (χ2n) is 4.10. The summed E-state index contributed by atoms with van der Waals surface area (Å²) in [6.07, 6.45) is 4.90. The lowest BCUT2D eigenvalue weighted by atomic mass is 10.4. The number of hydrogen-bond donors (Lipinski definition) is 2. The van der Waals surface area contributed by atoms with Crippen molar-refractivity contribution in [2.24, 2.45) is 7.05 Å². The van der Waals surface area contributed by atoms with E-state index in [9.17, 15) is 8.42 Å². The monoisotopic (exact) mass is 359 g/mol. The molecule has 2 heterocycles. The molecular weight excluding hydrogens is 346 g/mol. The van der Waals surface area contributed by atoms with Crippen molar-refractivity contribution in [2.75, 3.05) is 12.4 Å². The summed E-state index contributed by atoms with van der Waals surface area (Å²) in [5.74, 6) is 0.298. The lowest BCUT2D eigenvalue weighted by Crippen LogP contribution is -2.24. The Hall–Kier alpha value is -1.45. The van der Waals surface area contributed by atoms with Crippen molar-refractivity contribution in [1.82, 2.24) is 19.5 Å². The van der Waals surface area contributed by atoms with Crippen molar-refractivity contribution in [2.45, 2.75) is 11.4 Å². The van der Waals surface area contributed by atoms with E-state index in [1.54, 1.807) is 31.2 Å². The van der Waals surface area contributed by atoms with Crippen LogP contribution in [-0.2, 0) is 23.6 Å². The molecule has 0 bridgehead atoms. The fourth-order valence-corrected chi connectivity index (χ4v) is 3.32. The summed E-state index contributed by atoms with van der Waals surface area (Å²) >= 11 is 3.22. The van der Waals surface area contributed by atoms with Crippen LogP contribution in [0.4, 0.5) is 5.82 Å². The number of rotatable bonds is 5. The molecule has 0 fully saturated rings. The van der Waals surface area contributed by atoms with Gasteiger partial charge in [-0.1, -0.05) is 0 Å². The second kappa shape index (κ2) is 5.90. The van der Waals surface area contributed by atoms with Crippen LogP contribution in [0.2, 0.25) is 0 Å². The van der Waals surface area contributed by atoms with Gasteiger partial charge in [-0.2, -0.15) is 5.10 Å². The minimum Gasteiger partial charge on any atom is -0.372 e. The lowest BCUT2D eigenvalue weighted by molar-refractivity contribution is 0.581. The van der Waals surface area contributed by atoms with E-state index in [4.69, 9.17) is 0 Å². The highest BCUT2D eigenvalue weighted by atomic mass is 79.9. The zero-order chi connectivity index (χ0) is 14.8. The van der Waals surface area contributed by atoms with Crippen LogP contribution in [0.1, 0.15) is 5.56 Å². The molecule has 2 aromatic rings. The van der Waals surface area contributed by atoms with Crippen molar-refractivity contribution >= 4 is 31.8 Å². The summed E-state index contributed by atoms with van der Waals surface area (Å²) in [5.41, 5.74) is 0.782. The summed E-state index contributed by atoms with van der Waals surface area (Å²) in [6.45, 7) is 0.172. The van der Waals surface area contributed by atoms with Crippen molar-refractivity contribution in [3.05, 3.63) is 34.7 Å². The van der Waals surface area contributed by atoms with Crippen molar-refractivity contribution in [3.63, 3.8) is 0 Å². The van der Waals surface area contributed by atoms with E-state index in [-0.39, 0.29) is 11.4 Å². The van der Waals surface area contributed by atoms with Gasteiger partial charge in [-0.25, -0.2) is 18.1 Å². The molecule has 2 rings (SSSR count). The third kappa shape index (κ3) is 3.35. The van der Waals surface area contributed by atoms with E-state index >= 15 is 0 Å². The summed E-state index contributed by atoms with van der Waals surface area (Å²) in [5, 5.41) is 6.75. The van der Waals surface area contributed by atoms with E-state index in [0.717, 1.165) is 5.56 Å². The molecule has 2 N–H and O–H groups in total. The largest absolute Gasteiger partial charge is 0.372 e. The third-order valence-corrected chi connectivity index (χ3v) is 4.42. The normalized spacial score (nSPS) is 11.6. The fraction of sp³-hybridized carbons (Fsp3) is 0.273. The number of pyridine rings is 1. The van der Waals surface area contributed by atoms with E-state index in [1.165, 1.54) is 12.3 Å². The average molecular weight is 360 g/mol. The van der Waals surface area contributed by atoms with Crippen LogP contribution in [0, 0.1) is 0 Å². The molecule has 0 saturated carbocycles.